The number of benzene rings is 1. The maximum absolute atomic E-state index is 14.0. The summed E-state index contributed by atoms with van der Waals surface area (Å²) in [6.07, 6.45) is 5.22. The number of allylic oxidation sites excluding steroid dienone is 1. The van der Waals surface area contributed by atoms with Crippen LogP contribution >= 0.6 is 0 Å². The van der Waals surface area contributed by atoms with Crippen molar-refractivity contribution in [1.82, 2.24) is 25.1 Å². The van der Waals surface area contributed by atoms with Crippen LogP contribution in [0.5, 0.6) is 0 Å². The second-order valence-electron chi connectivity index (χ2n) is 8.58. The highest BCUT2D eigenvalue weighted by atomic mass is 19.1. The SMILES string of the molecule is CC1=CN=C(C)C(N2CC3CN(C(=O)c4cc(F)ccc4-c4ncccn4)CC3C2)N1. The molecule has 1 aromatic carbocycles. The van der Waals surface area contributed by atoms with Gasteiger partial charge in [0.1, 0.15) is 12.0 Å². The van der Waals surface area contributed by atoms with Crippen molar-refractivity contribution in [3.05, 3.63) is 59.9 Å². The molecular formula is C23H25FN6O. The molecule has 1 amide bonds. The lowest BCUT2D eigenvalue weighted by atomic mass is 10.0. The molecule has 2 fully saturated rings. The van der Waals surface area contributed by atoms with Crippen LogP contribution in [0.2, 0.25) is 0 Å². The fourth-order valence-corrected chi connectivity index (χ4v) is 4.89. The standard InChI is InChI=1S/C23H25FN6O/c1-14-9-27-15(2)22(28-14)29-10-16-12-30(13-17(16)11-29)23(31)20-8-18(24)4-5-19(20)21-25-6-3-7-26-21/h3-9,16-17,22,28H,10-13H2,1-2H3. The Bertz CT molecular complexity index is 1050. The third-order valence-corrected chi connectivity index (χ3v) is 6.41. The number of amides is 1. The lowest BCUT2D eigenvalue weighted by Crippen LogP contribution is -2.50. The molecule has 2 aromatic rings. The van der Waals surface area contributed by atoms with Gasteiger partial charge in [-0.05, 0) is 49.9 Å². The van der Waals surface area contributed by atoms with E-state index >= 15 is 0 Å². The maximum atomic E-state index is 14.0. The molecule has 0 saturated carbocycles. The second-order valence-corrected chi connectivity index (χ2v) is 8.58. The monoisotopic (exact) mass is 420 g/mol. The normalized spacial score (nSPS) is 25.6. The first-order chi connectivity index (χ1) is 15.0. The van der Waals surface area contributed by atoms with E-state index in [1.165, 1.54) is 12.1 Å². The van der Waals surface area contributed by atoms with Gasteiger partial charge in [0.25, 0.3) is 5.91 Å². The number of aliphatic imine (C=N–C) groups is 1. The van der Waals surface area contributed by atoms with Crippen molar-refractivity contribution in [1.29, 1.82) is 0 Å². The third-order valence-electron chi connectivity index (χ3n) is 6.41. The molecule has 160 valence electrons. The second kappa shape index (κ2) is 7.85. The van der Waals surface area contributed by atoms with E-state index in [2.05, 4.69) is 25.2 Å². The largest absolute Gasteiger partial charge is 0.367 e. The van der Waals surface area contributed by atoms with Crippen molar-refractivity contribution in [3.8, 4) is 11.4 Å². The van der Waals surface area contributed by atoms with Gasteiger partial charge >= 0.3 is 0 Å². The fourth-order valence-electron chi connectivity index (χ4n) is 4.89. The first-order valence-electron chi connectivity index (χ1n) is 10.6. The van der Waals surface area contributed by atoms with Crippen LogP contribution in [0.3, 0.4) is 0 Å². The zero-order chi connectivity index (χ0) is 21.5. The van der Waals surface area contributed by atoms with E-state index in [-0.39, 0.29) is 12.1 Å². The van der Waals surface area contributed by atoms with Crippen molar-refractivity contribution < 1.29 is 9.18 Å². The summed E-state index contributed by atoms with van der Waals surface area (Å²) in [5.74, 6) is 0.632. The zero-order valence-electron chi connectivity index (χ0n) is 17.6. The Kier molecular flexibility index (Phi) is 5.02. The van der Waals surface area contributed by atoms with E-state index in [9.17, 15) is 9.18 Å². The minimum Gasteiger partial charge on any atom is -0.367 e. The summed E-state index contributed by atoms with van der Waals surface area (Å²) in [6, 6.07) is 5.95. The highest BCUT2D eigenvalue weighted by molar-refractivity contribution is 6.00. The summed E-state index contributed by atoms with van der Waals surface area (Å²) in [7, 11) is 0. The molecule has 8 heteroatoms. The molecule has 7 nitrogen and oxygen atoms in total. The van der Waals surface area contributed by atoms with E-state index < -0.39 is 5.82 Å². The van der Waals surface area contributed by atoms with Gasteiger partial charge in [0, 0.05) is 56.0 Å². The Morgan fingerprint density at radius 2 is 1.81 bits per heavy atom. The van der Waals surface area contributed by atoms with E-state index in [1.807, 2.05) is 24.9 Å². The lowest BCUT2D eigenvalue weighted by molar-refractivity contribution is 0.0771. The third kappa shape index (κ3) is 3.72. The number of carbonyl (C=O) groups excluding carboxylic acids is 1. The Hall–Kier alpha value is -3.13. The first-order valence-corrected chi connectivity index (χ1v) is 10.6. The van der Waals surface area contributed by atoms with Gasteiger partial charge in [-0.25, -0.2) is 14.4 Å². The molecule has 5 rings (SSSR count). The topological polar surface area (TPSA) is 73.7 Å². The summed E-state index contributed by atoms with van der Waals surface area (Å²) >= 11 is 0. The highest BCUT2D eigenvalue weighted by Gasteiger charge is 2.44. The number of aromatic nitrogens is 2. The minimum absolute atomic E-state index is 0.116. The van der Waals surface area contributed by atoms with Crippen LogP contribution in [0.15, 0.2) is 53.5 Å². The van der Waals surface area contributed by atoms with Gasteiger partial charge in [0.05, 0.1) is 11.3 Å². The number of rotatable bonds is 3. The van der Waals surface area contributed by atoms with Crippen LogP contribution in [-0.4, -0.2) is 63.7 Å². The number of fused-ring (bicyclic) bond motifs is 1. The van der Waals surface area contributed by atoms with Crippen molar-refractivity contribution in [2.75, 3.05) is 26.2 Å². The zero-order valence-corrected chi connectivity index (χ0v) is 17.6. The highest BCUT2D eigenvalue weighted by Crippen LogP contribution is 2.34. The molecular weight excluding hydrogens is 395 g/mol. The van der Waals surface area contributed by atoms with Crippen molar-refractivity contribution in [2.45, 2.75) is 20.0 Å². The Labute approximate surface area is 180 Å². The quantitative estimate of drug-likeness (QED) is 0.826. The molecule has 0 bridgehead atoms. The van der Waals surface area contributed by atoms with Gasteiger partial charge in [0.15, 0.2) is 5.82 Å². The number of carbonyl (C=O) groups is 1. The van der Waals surface area contributed by atoms with Gasteiger partial charge in [-0.2, -0.15) is 0 Å². The van der Waals surface area contributed by atoms with Crippen molar-refractivity contribution in [2.24, 2.45) is 16.8 Å². The molecule has 4 heterocycles. The van der Waals surface area contributed by atoms with Crippen molar-refractivity contribution in [3.63, 3.8) is 0 Å². The van der Waals surface area contributed by atoms with Gasteiger partial charge in [-0.1, -0.05) is 0 Å². The van der Waals surface area contributed by atoms with E-state index in [0.717, 1.165) is 24.5 Å². The summed E-state index contributed by atoms with van der Waals surface area (Å²) in [5.41, 5.74) is 3.00. The molecule has 0 radical (unpaired) electrons. The molecule has 1 aromatic heterocycles. The number of nitrogens with zero attached hydrogens (tertiary/aromatic N) is 5. The summed E-state index contributed by atoms with van der Waals surface area (Å²) in [4.78, 5) is 30.6. The molecule has 3 aliphatic heterocycles. The first kappa shape index (κ1) is 19.8. The van der Waals surface area contributed by atoms with Crippen LogP contribution in [0.1, 0.15) is 24.2 Å². The number of nitrogens with one attached hydrogen (secondary N) is 1. The van der Waals surface area contributed by atoms with E-state index in [4.69, 9.17) is 0 Å². The average Bonchev–Trinajstić information content (AvgIpc) is 3.35. The summed E-state index contributed by atoms with van der Waals surface area (Å²) in [5, 5.41) is 3.51. The van der Waals surface area contributed by atoms with Crippen LogP contribution in [-0.2, 0) is 0 Å². The van der Waals surface area contributed by atoms with Gasteiger partial charge < -0.3 is 10.2 Å². The predicted octanol–water partition coefficient (Wildman–Crippen LogP) is 2.54. The molecule has 0 aliphatic carbocycles. The number of hydrogen-bond donors (Lipinski definition) is 1. The molecule has 3 aliphatic rings. The Morgan fingerprint density at radius 1 is 1.10 bits per heavy atom. The smallest absolute Gasteiger partial charge is 0.254 e. The summed E-state index contributed by atoms with van der Waals surface area (Å²) < 4.78 is 14.0. The lowest BCUT2D eigenvalue weighted by Gasteiger charge is -2.32. The number of halogens is 1. The molecule has 3 atom stereocenters. The molecule has 1 N–H and O–H groups in total. The van der Waals surface area contributed by atoms with Crippen molar-refractivity contribution >= 4 is 11.6 Å². The molecule has 3 unspecified atom stereocenters. The Balaban J connectivity index is 1.32. The van der Waals surface area contributed by atoms with Gasteiger partial charge in [0.2, 0.25) is 0 Å². The van der Waals surface area contributed by atoms with E-state index in [1.54, 1.807) is 24.5 Å². The van der Waals surface area contributed by atoms with E-state index in [0.29, 0.717) is 41.9 Å². The maximum Gasteiger partial charge on any atom is 0.254 e. The van der Waals surface area contributed by atoms with Crippen LogP contribution < -0.4 is 5.32 Å². The molecule has 31 heavy (non-hydrogen) atoms. The van der Waals surface area contributed by atoms with Crippen LogP contribution in [0.4, 0.5) is 4.39 Å². The van der Waals surface area contributed by atoms with Crippen LogP contribution in [0, 0.1) is 17.7 Å². The number of hydrogen-bond acceptors (Lipinski definition) is 6. The average molecular weight is 420 g/mol. The predicted molar refractivity (Wildman–Crippen MR) is 116 cm³/mol. The summed E-state index contributed by atoms with van der Waals surface area (Å²) in [6.45, 7) is 7.22. The molecule has 2 saturated heterocycles. The van der Waals surface area contributed by atoms with Crippen LogP contribution in [0.25, 0.3) is 11.4 Å². The minimum atomic E-state index is -0.435. The van der Waals surface area contributed by atoms with Gasteiger partial charge in [-0.15, -0.1) is 0 Å². The molecule has 0 spiro atoms. The fraction of sp³-hybridized carbons (Fsp3) is 0.391. The number of likely N-dealkylation sites (tertiary alicyclic amines) is 2. The van der Waals surface area contributed by atoms with Gasteiger partial charge in [-0.3, -0.25) is 14.7 Å². The Morgan fingerprint density at radius 3 is 2.52 bits per heavy atom.